The first-order chi connectivity index (χ1) is 14.3. The van der Waals surface area contributed by atoms with Gasteiger partial charge in [0.2, 0.25) is 0 Å². The fourth-order valence-corrected chi connectivity index (χ4v) is 5.92. The van der Waals surface area contributed by atoms with E-state index in [1.54, 1.807) is 6.08 Å². The highest BCUT2D eigenvalue weighted by Crippen LogP contribution is 2.44. The topological polar surface area (TPSA) is 184 Å². The van der Waals surface area contributed by atoms with E-state index in [1.807, 2.05) is 6.92 Å². The van der Waals surface area contributed by atoms with Crippen LogP contribution in [0.3, 0.4) is 0 Å². The molecule has 0 saturated carbocycles. The zero-order valence-corrected chi connectivity index (χ0v) is 18.0. The van der Waals surface area contributed by atoms with Crippen molar-refractivity contribution in [2.45, 2.75) is 18.3 Å². The number of fused-ring (bicyclic) bond motifs is 1. The number of amides is 2. The molecule has 1 saturated heterocycles. The van der Waals surface area contributed by atoms with E-state index in [4.69, 9.17) is 11.5 Å². The van der Waals surface area contributed by atoms with Gasteiger partial charge in [-0.1, -0.05) is 23.0 Å². The molecule has 1 aromatic heterocycles. The minimum absolute atomic E-state index is 0.0735. The van der Waals surface area contributed by atoms with Crippen molar-refractivity contribution in [1.82, 2.24) is 15.2 Å². The van der Waals surface area contributed by atoms with Gasteiger partial charge in [0, 0.05) is 22.6 Å². The second-order valence-electron chi connectivity index (χ2n) is 6.11. The molecule has 0 aliphatic carbocycles. The molecule has 2 amide bonds. The van der Waals surface area contributed by atoms with Gasteiger partial charge in [0.15, 0.2) is 10.8 Å². The van der Waals surface area contributed by atoms with Crippen molar-refractivity contribution in [3.8, 4) is 0 Å². The first-order valence-corrected chi connectivity index (χ1v) is 11.2. The van der Waals surface area contributed by atoms with E-state index in [9.17, 15) is 24.7 Å². The maximum absolute atomic E-state index is 12.7. The van der Waals surface area contributed by atoms with Gasteiger partial charge in [-0.2, -0.15) is 0 Å². The highest BCUT2D eigenvalue weighted by Gasteiger charge is 2.54. The standard InChI is InChI=1S/C16H18N6O5S3/c1-6(2-3-17)30-8-5-28-14-10(13(24)22(14)11(8)15(25)26)20-12(23)9(21-27)7-4-29-16(18)19-7/h2,4,10,14,27H,3,5,17H2,1H3,(H2,18,19)(H,20,23)(H,25,26)/b6-2-,21-9-/t10?,14-/m1/s1. The SMILES string of the molecule is C/C(=C/CN)SC1=C(C(=O)O)N2C(=O)C(NC(=O)/C(=N\O)c3csc(N)n3)[C@H]2SC1. The molecule has 0 spiro atoms. The zero-order valence-electron chi connectivity index (χ0n) is 15.6. The van der Waals surface area contributed by atoms with Gasteiger partial charge in [0.05, 0.1) is 0 Å². The van der Waals surface area contributed by atoms with Crippen molar-refractivity contribution in [2.75, 3.05) is 18.0 Å². The Balaban J connectivity index is 1.78. The van der Waals surface area contributed by atoms with Crippen LogP contribution in [0.15, 0.2) is 32.1 Å². The van der Waals surface area contributed by atoms with E-state index in [0.29, 0.717) is 17.2 Å². The van der Waals surface area contributed by atoms with Crippen LogP contribution in [0.1, 0.15) is 12.6 Å². The molecular weight excluding hydrogens is 452 g/mol. The van der Waals surface area contributed by atoms with Crippen LogP contribution in [0, 0.1) is 0 Å². The van der Waals surface area contributed by atoms with E-state index in [1.165, 1.54) is 28.9 Å². The second-order valence-corrected chi connectivity index (χ2v) is 9.45. The Morgan fingerprint density at radius 1 is 1.53 bits per heavy atom. The van der Waals surface area contributed by atoms with Crippen molar-refractivity contribution in [3.63, 3.8) is 0 Å². The van der Waals surface area contributed by atoms with Crippen molar-refractivity contribution in [3.05, 3.63) is 32.7 Å². The smallest absolute Gasteiger partial charge is 0.353 e. The molecule has 0 bridgehead atoms. The molecule has 11 nitrogen and oxygen atoms in total. The molecule has 14 heteroatoms. The third-order valence-electron chi connectivity index (χ3n) is 4.19. The van der Waals surface area contributed by atoms with Gasteiger partial charge in [0.25, 0.3) is 11.8 Å². The van der Waals surface area contributed by atoms with Gasteiger partial charge >= 0.3 is 5.97 Å². The maximum Gasteiger partial charge on any atom is 0.353 e. The Bertz CT molecular complexity index is 988. The molecule has 2 aliphatic heterocycles. The number of nitrogens with zero attached hydrogens (tertiary/aromatic N) is 3. The number of carboxylic acid groups (broad SMARTS) is 1. The number of nitrogens with one attached hydrogen (secondary N) is 1. The Hall–Kier alpha value is -2.55. The number of rotatable bonds is 7. The molecule has 2 aliphatic rings. The largest absolute Gasteiger partial charge is 0.477 e. The molecule has 2 atom stereocenters. The van der Waals surface area contributed by atoms with Crippen LogP contribution in [0.25, 0.3) is 0 Å². The third kappa shape index (κ3) is 4.16. The maximum atomic E-state index is 12.7. The van der Waals surface area contributed by atoms with Crippen LogP contribution >= 0.6 is 34.9 Å². The molecule has 30 heavy (non-hydrogen) atoms. The summed E-state index contributed by atoms with van der Waals surface area (Å²) in [6, 6.07) is -0.961. The number of thioether (sulfide) groups is 2. The second kappa shape index (κ2) is 9.07. The fourth-order valence-electron chi connectivity index (χ4n) is 2.89. The van der Waals surface area contributed by atoms with Gasteiger partial charge in [-0.3, -0.25) is 14.5 Å². The van der Waals surface area contributed by atoms with Gasteiger partial charge in [-0.25, -0.2) is 9.78 Å². The average Bonchev–Trinajstić information content (AvgIpc) is 3.12. The molecule has 3 heterocycles. The highest BCUT2D eigenvalue weighted by molar-refractivity contribution is 8.08. The van der Waals surface area contributed by atoms with Crippen molar-refractivity contribution in [2.24, 2.45) is 10.9 Å². The number of aromatic nitrogens is 1. The lowest BCUT2D eigenvalue weighted by atomic mass is 10.0. The summed E-state index contributed by atoms with van der Waals surface area (Å²) in [5.41, 5.74) is 10.6. The highest BCUT2D eigenvalue weighted by atomic mass is 32.2. The third-order valence-corrected chi connectivity index (χ3v) is 7.40. The quantitative estimate of drug-likeness (QED) is 0.159. The normalized spacial score (nSPS) is 21.9. The van der Waals surface area contributed by atoms with Crippen LogP contribution in [0.2, 0.25) is 0 Å². The van der Waals surface area contributed by atoms with Crippen molar-refractivity contribution < 1.29 is 24.7 Å². The monoisotopic (exact) mass is 470 g/mol. The number of hydrogen-bond donors (Lipinski definition) is 5. The summed E-state index contributed by atoms with van der Waals surface area (Å²) in [4.78, 5) is 43.4. The van der Waals surface area contributed by atoms with E-state index in [2.05, 4.69) is 15.5 Å². The number of thiazole rings is 1. The summed E-state index contributed by atoms with van der Waals surface area (Å²) in [7, 11) is 0. The number of anilines is 1. The van der Waals surface area contributed by atoms with Gasteiger partial charge < -0.3 is 27.1 Å². The molecule has 1 aromatic rings. The van der Waals surface area contributed by atoms with E-state index < -0.39 is 29.2 Å². The fraction of sp³-hybridized carbons (Fsp3) is 0.312. The molecule has 0 radical (unpaired) electrons. The van der Waals surface area contributed by atoms with Crippen LogP contribution in [0.5, 0.6) is 0 Å². The summed E-state index contributed by atoms with van der Waals surface area (Å²) >= 11 is 3.65. The lowest BCUT2D eigenvalue weighted by Crippen LogP contribution is -2.71. The summed E-state index contributed by atoms with van der Waals surface area (Å²) in [6.45, 7) is 2.13. The zero-order chi connectivity index (χ0) is 22.0. The Morgan fingerprint density at radius 2 is 2.27 bits per heavy atom. The summed E-state index contributed by atoms with van der Waals surface area (Å²) in [6.07, 6.45) is 1.76. The molecule has 7 N–H and O–H groups in total. The number of carbonyl (C=O) groups excluding carboxylic acids is 2. The Kier molecular flexibility index (Phi) is 6.70. The number of oxime groups is 1. The Labute approximate surface area is 183 Å². The van der Waals surface area contributed by atoms with E-state index in [-0.39, 0.29) is 22.2 Å². The Morgan fingerprint density at radius 3 is 2.83 bits per heavy atom. The summed E-state index contributed by atoms with van der Waals surface area (Å²) < 4.78 is 0. The molecular formula is C16H18N6O5S3. The summed E-state index contributed by atoms with van der Waals surface area (Å²) in [5, 5.41) is 25.3. The van der Waals surface area contributed by atoms with Crippen LogP contribution in [-0.2, 0) is 14.4 Å². The number of nitrogens with two attached hydrogens (primary N) is 2. The number of allylic oxidation sites excluding steroid dienone is 1. The minimum Gasteiger partial charge on any atom is -0.477 e. The summed E-state index contributed by atoms with van der Waals surface area (Å²) in [5.74, 6) is -2.25. The van der Waals surface area contributed by atoms with Gasteiger partial charge in [0.1, 0.15) is 22.8 Å². The predicted molar refractivity (Wildman–Crippen MR) is 115 cm³/mol. The first-order valence-electron chi connectivity index (χ1n) is 8.48. The number of aliphatic carboxylic acids is 1. The molecule has 1 fully saturated rings. The molecule has 160 valence electrons. The van der Waals surface area contributed by atoms with E-state index >= 15 is 0 Å². The lowest BCUT2D eigenvalue weighted by molar-refractivity contribution is -0.150. The van der Waals surface area contributed by atoms with Gasteiger partial charge in [-0.05, 0) is 11.8 Å². The minimum atomic E-state index is -1.22. The number of hydrogen-bond acceptors (Lipinski definition) is 11. The van der Waals surface area contributed by atoms with Crippen LogP contribution < -0.4 is 16.8 Å². The van der Waals surface area contributed by atoms with Crippen molar-refractivity contribution in [1.29, 1.82) is 0 Å². The molecule has 0 aromatic carbocycles. The number of nitrogen functional groups attached to an aromatic ring is 1. The van der Waals surface area contributed by atoms with Crippen LogP contribution in [0.4, 0.5) is 5.13 Å². The first kappa shape index (κ1) is 22.1. The number of carbonyl (C=O) groups is 3. The van der Waals surface area contributed by atoms with Gasteiger partial charge in [-0.15, -0.1) is 23.1 Å². The molecule has 1 unspecified atom stereocenters. The lowest BCUT2D eigenvalue weighted by Gasteiger charge is -2.49. The van der Waals surface area contributed by atoms with E-state index in [0.717, 1.165) is 21.1 Å². The average molecular weight is 471 g/mol. The number of carboxylic acids is 1. The van der Waals surface area contributed by atoms with Crippen LogP contribution in [-0.4, -0.2) is 67.4 Å². The molecule has 3 rings (SSSR count). The number of β-lactam (4-membered cyclic amide) rings is 1. The van der Waals surface area contributed by atoms with Crippen molar-refractivity contribution >= 4 is 63.5 Å². The predicted octanol–water partition coefficient (Wildman–Crippen LogP) is 0.195.